The summed E-state index contributed by atoms with van der Waals surface area (Å²) < 4.78 is 17.2. The van der Waals surface area contributed by atoms with Gasteiger partial charge >= 0.3 is 0 Å². The van der Waals surface area contributed by atoms with E-state index >= 15 is 0 Å². The standard InChI is InChI=1S/C21H41NO3/c1-7-8-10-13-18(4)14-11-9-12-15-24-21(6)20(22-21)23-16-19(5)25-17(2)3/h17-19H,7-16H2,1-6H3. The summed E-state index contributed by atoms with van der Waals surface area (Å²) in [6.07, 6.45) is 10.8. The van der Waals surface area contributed by atoms with Crippen molar-refractivity contribution in [3.63, 3.8) is 0 Å². The Morgan fingerprint density at radius 1 is 0.960 bits per heavy atom. The van der Waals surface area contributed by atoms with Crippen LogP contribution in [0.1, 0.15) is 92.9 Å². The van der Waals surface area contributed by atoms with E-state index in [-0.39, 0.29) is 12.2 Å². The van der Waals surface area contributed by atoms with Crippen molar-refractivity contribution < 1.29 is 14.2 Å². The average Bonchev–Trinajstić information content (AvgIpc) is 3.19. The van der Waals surface area contributed by atoms with Gasteiger partial charge < -0.3 is 14.2 Å². The molecule has 25 heavy (non-hydrogen) atoms. The van der Waals surface area contributed by atoms with Crippen LogP contribution in [0, 0.1) is 5.92 Å². The minimum absolute atomic E-state index is 0.0758. The van der Waals surface area contributed by atoms with E-state index in [1.807, 2.05) is 27.7 Å². The van der Waals surface area contributed by atoms with Crippen LogP contribution in [0.2, 0.25) is 0 Å². The van der Waals surface area contributed by atoms with Crippen LogP contribution in [-0.4, -0.2) is 37.0 Å². The molecule has 1 aliphatic heterocycles. The lowest BCUT2D eigenvalue weighted by Gasteiger charge is -2.16. The Bertz CT molecular complexity index is 383. The topological polar surface area (TPSA) is 40.0 Å². The lowest BCUT2D eigenvalue weighted by molar-refractivity contribution is -0.0134. The summed E-state index contributed by atoms with van der Waals surface area (Å²) in [4.78, 5) is 4.34. The largest absolute Gasteiger partial charge is 0.475 e. The summed E-state index contributed by atoms with van der Waals surface area (Å²) >= 11 is 0. The molecule has 3 unspecified atom stereocenters. The second-order valence-electron chi connectivity index (χ2n) is 8.01. The van der Waals surface area contributed by atoms with Crippen LogP contribution in [0.15, 0.2) is 4.99 Å². The zero-order chi connectivity index (χ0) is 18.7. The van der Waals surface area contributed by atoms with E-state index in [1.165, 1.54) is 44.9 Å². The summed E-state index contributed by atoms with van der Waals surface area (Å²) in [5.41, 5.74) is -0.509. The molecule has 4 nitrogen and oxygen atoms in total. The number of unbranched alkanes of at least 4 members (excludes halogenated alkanes) is 4. The van der Waals surface area contributed by atoms with Crippen LogP contribution < -0.4 is 0 Å². The quantitative estimate of drug-likeness (QED) is 0.352. The van der Waals surface area contributed by atoms with Crippen molar-refractivity contribution in [3.05, 3.63) is 0 Å². The second kappa shape index (κ2) is 11.9. The van der Waals surface area contributed by atoms with E-state index in [9.17, 15) is 0 Å². The molecule has 4 heteroatoms. The normalized spacial score (nSPS) is 22.0. The summed E-state index contributed by atoms with van der Waals surface area (Å²) in [6, 6.07) is 0. The minimum atomic E-state index is -0.509. The molecule has 0 amide bonds. The predicted molar refractivity (Wildman–Crippen MR) is 105 cm³/mol. The van der Waals surface area contributed by atoms with E-state index in [4.69, 9.17) is 14.2 Å². The van der Waals surface area contributed by atoms with Gasteiger partial charge in [0.1, 0.15) is 6.61 Å². The number of nitrogens with zero attached hydrogens (tertiary/aromatic N) is 1. The van der Waals surface area contributed by atoms with Crippen molar-refractivity contribution in [2.24, 2.45) is 10.9 Å². The zero-order valence-corrected chi connectivity index (χ0v) is 17.5. The molecule has 0 aromatic heterocycles. The molecule has 0 spiro atoms. The summed E-state index contributed by atoms with van der Waals surface area (Å²) in [6.45, 7) is 14.0. The average molecular weight is 356 g/mol. The maximum absolute atomic E-state index is 5.88. The van der Waals surface area contributed by atoms with Crippen molar-refractivity contribution in [2.75, 3.05) is 13.2 Å². The first kappa shape index (κ1) is 22.4. The van der Waals surface area contributed by atoms with Gasteiger partial charge in [-0.15, -0.1) is 0 Å². The first-order chi connectivity index (χ1) is 11.9. The first-order valence-corrected chi connectivity index (χ1v) is 10.4. The Morgan fingerprint density at radius 3 is 2.28 bits per heavy atom. The van der Waals surface area contributed by atoms with E-state index in [1.54, 1.807) is 0 Å². The third kappa shape index (κ3) is 10.2. The van der Waals surface area contributed by atoms with Crippen LogP contribution >= 0.6 is 0 Å². The first-order valence-electron chi connectivity index (χ1n) is 10.4. The third-order valence-electron chi connectivity index (χ3n) is 4.65. The molecule has 0 saturated carbocycles. The van der Waals surface area contributed by atoms with Crippen LogP contribution in [0.4, 0.5) is 0 Å². The number of hydrogen-bond acceptors (Lipinski definition) is 4. The summed E-state index contributed by atoms with van der Waals surface area (Å²) in [5, 5.41) is 0. The van der Waals surface area contributed by atoms with Crippen LogP contribution in [-0.2, 0) is 14.2 Å². The fraction of sp³-hybridized carbons (Fsp3) is 0.952. The molecule has 0 saturated heterocycles. The van der Waals surface area contributed by atoms with E-state index in [2.05, 4.69) is 18.8 Å². The Labute approximate surface area is 155 Å². The number of ether oxygens (including phenoxy) is 3. The maximum atomic E-state index is 5.88. The van der Waals surface area contributed by atoms with E-state index in [0.29, 0.717) is 6.61 Å². The van der Waals surface area contributed by atoms with Gasteiger partial charge in [0.15, 0.2) is 0 Å². The van der Waals surface area contributed by atoms with Crippen molar-refractivity contribution in [2.45, 2.75) is 111 Å². The molecule has 0 bridgehead atoms. The van der Waals surface area contributed by atoms with Gasteiger partial charge in [-0.3, -0.25) is 0 Å². The minimum Gasteiger partial charge on any atom is -0.475 e. The molecule has 0 fully saturated rings. The van der Waals surface area contributed by atoms with Gasteiger partial charge in [-0.25, -0.2) is 4.99 Å². The van der Waals surface area contributed by atoms with Gasteiger partial charge in [0, 0.05) is 0 Å². The van der Waals surface area contributed by atoms with Gasteiger partial charge in [0.05, 0.1) is 18.8 Å². The van der Waals surface area contributed by atoms with Gasteiger partial charge in [-0.1, -0.05) is 58.8 Å². The Balaban J connectivity index is 1.97. The molecule has 0 aliphatic carbocycles. The highest BCUT2D eigenvalue weighted by Crippen LogP contribution is 2.30. The van der Waals surface area contributed by atoms with Gasteiger partial charge in [-0.05, 0) is 40.0 Å². The Hall–Kier alpha value is -0.610. The molecule has 0 aromatic rings. The molecule has 148 valence electrons. The lowest BCUT2D eigenvalue weighted by Crippen LogP contribution is -2.25. The molecule has 0 N–H and O–H groups in total. The highest BCUT2D eigenvalue weighted by Gasteiger charge is 2.46. The van der Waals surface area contributed by atoms with Crippen molar-refractivity contribution in [1.29, 1.82) is 0 Å². The van der Waals surface area contributed by atoms with Gasteiger partial charge in [-0.2, -0.15) is 0 Å². The van der Waals surface area contributed by atoms with Crippen molar-refractivity contribution in [3.8, 4) is 0 Å². The Morgan fingerprint density at radius 2 is 1.64 bits per heavy atom. The van der Waals surface area contributed by atoms with E-state index in [0.717, 1.165) is 24.8 Å². The van der Waals surface area contributed by atoms with Crippen molar-refractivity contribution in [1.82, 2.24) is 0 Å². The maximum Gasteiger partial charge on any atom is 0.243 e. The smallest absolute Gasteiger partial charge is 0.243 e. The molecule has 1 heterocycles. The molecule has 0 radical (unpaired) electrons. The fourth-order valence-corrected chi connectivity index (χ4v) is 3.06. The number of aliphatic imine (C=N–C) groups is 1. The summed E-state index contributed by atoms with van der Waals surface area (Å²) in [7, 11) is 0. The lowest BCUT2D eigenvalue weighted by atomic mass is 9.97. The fourth-order valence-electron chi connectivity index (χ4n) is 3.06. The zero-order valence-electron chi connectivity index (χ0n) is 17.5. The molecular formula is C21H41NO3. The molecule has 0 aromatic carbocycles. The summed E-state index contributed by atoms with van der Waals surface area (Å²) in [5.74, 6) is 1.59. The number of rotatable bonds is 15. The molecule has 1 aliphatic rings. The molecular weight excluding hydrogens is 314 g/mol. The highest BCUT2D eigenvalue weighted by molar-refractivity contribution is 5.96. The third-order valence-corrected chi connectivity index (χ3v) is 4.65. The monoisotopic (exact) mass is 355 g/mol. The Kier molecular flexibility index (Phi) is 10.7. The number of hydrogen-bond donors (Lipinski definition) is 0. The van der Waals surface area contributed by atoms with Crippen LogP contribution in [0.3, 0.4) is 0 Å². The van der Waals surface area contributed by atoms with E-state index < -0.39 is 5.72 Å². The predicted octanol–water partition coefficient (Wildman–Crippen LogP) is 5.74. The van der Waals surface area contributed by atoms with Crippen LogP contribution in [0.25, 0.3) is 0 Å². The molecule has 3 atom stereocenters. The molecule has 1 rings (SSSR count). The van der Waals surface area contributed by atoms with Crippen molar-refractivity contribution >= 4 is 5.90 Å². The van der Waals surface area contributed by atoms with Gasteiger partial charge in [0.2, 0.25) is 11.6 Å². The highest BCUT2D eigenvalue weighted by atomic mass is 16.6. The second-order valence-corrected chi connectivity index (χ2v) is 8.01. The SMILES string of the molecule is CCCCCC(C)CCCCCOC1(C)N=C1OCC(C)OC(C)C. The van der Waals surface area contributed by atoms with Crippen LogP contribution in [0.5, 0.6) is 0 Å². The van der Waals surface area contributed by atoms with Gasteiger partial charge in [0.25, 0.3) is 0 Å².